The van der Waals surface area contributed by atoms with E-state index < -0.39 is 0 Å². The number of aliphatic hydroxyl groups excluding tert-OH is 1. The highest BCUT2D eigenvalue weighted by Crippen LogP contribution is 2.76. The van der Waals surface area contributed by atoms with E-state index in [0.717, 1.165) is 30.1 Å². The van der Waals surface area contributed by atoms with Crippen LogP contribution < -0.4 is 0 Å². The average Bonchev–Trinajstić information content (AvgIpc) is 3.05. The van der Waals surface area contributed by atoms with Crippen molar-refractivity contribution in [2.45, 2.75) is 119 Å². The Morgan fingerprint density at radius 2 is 1.52 bits per heavy atom. The molecule has 9 atom stereocenters. The van der Waals surface area contributed by atoms with Gasteiger partial charge in [-0.15, -0.1) is 0 Å². The predicted molar refractivity (Wildman–Crippen MR) is 131 cm³/mol. The summed E-state index contributed by atoms with van der Waals surface area (Å²) in [4.78, 5) is 0. The van der Waals surface area contributed by atoms with Gasteiger partial charge in [0.2, 0.25) is 0 Å². The Bertz CT molecular complexity index is 777. The van der Waals surface area contributed by atoms with Crippen LogP contribution in [0, 0.1) is 56.7 Å². The zero-order chi connectivity index (χ0) is 22.6. The standard InChI is InChI=1S/C30H50O/c1-19(2)20-9-12-24-28(20,6)17-18-29(7)22-10-11-23-26(3,4)25(31)14-15-27(23,5)21(22)13-16-30(24,29)8/h10,19-21,23-25,31H,9,11-18H2,1-8H3/t20-,21+,23?,24-,25-,27-,28-,29-,30+/m1/s1. The summed E-state index contributed by atoms with van der Waals surface area (Å²) in [6.45, 7) is 20.4. The summed E-state index contributed by atoms with van der Waals surface area (Å²) in [5.41, 5.74) is 3.65. The quantitative estimate of drug-likeness (QED) is 0.421. The van der Waals surface area contributed by atoms with E-state index in [9.17, 15) is 5.11 Å². The SMILES string of the molecule is CC(C)[C@H]1CC[C@@H]2[C@]1(C)CC[C@]1(C)C3=CCC4C(C)(C)[C@H](O)CC[C@]4(C)[C@H]3CC[C@@]21C. The summed E-state index contributed by atoms with van der Waals surface area (Å²) in [6.07, 6.45) is 14.5. The third-order valence-electron chi connectivity index (χ3n) is 13.3. The molecule has 0 spiro atoms. The number of hydrogen-bond acceptors (Lipinski definition) is 1. The Kier molecular flexibility index (Phi) is 4.82. The molecule has 0 aromatic rings. The van der Waals surface area contributed by atoms with E-state index in [1.807, 2.05) is 5.57 Å². The van der Waals surface area contributed by atoms with Gasteiger partial charge in [-0.1, -0.05) is 67.0 Å². The van der Waals surface area contributed by atoms with E-state index in [1.165, 1.54) is 51.4 Å². The van der Waals surface area contributed by atoms with Crippen LogP contribution in [0.2, 0.25) is 0 Å². The van der Waals surface area contributed by atoms with Gasteiger partial charge < -0.3 is 5.11 Å². The minimum absolute atomic E-state index is 0.0394. The van der Waals surface area contributed by atoms with Gasteiger partial charge in [0.15, 0.2) is 0 Å². The molecule has 0 amide bonds. The molecule has 1 nitrogen and oxygen atoms in total. The van der Waals surface area contributed by atoms with Gasteiger partial charge >= 0.3 is 0 Å². The lowest BCUT2D eigenvalue weighted by atomic mass is 9.35. The lowest BCUT2D eigenvalue weighted by molar-refractivity contribution is -0.159. The summed E-state index contributed by atoms with van der Waals surface area (Å²) in [5, 5.41) is 10.8. The van der Waals surface area contributed by atoms with Crippen molar-refractivity contribution in [2.24, 2.45) is 56.7 Å². The van der Waals surface area contributed by atoms with Gasteiger partial charge in [0.1, 0.15) is 0 Å². The molecule has 31 heavy (non-hydrogen) atoms. The summed E-state index contributed by atoms with van der Waals surface area (Å²) in [6, 6.07) is 0. The third-order valence-corrected chi connectivity index (χ3v) is 13.3. The first-order chi connectivity index (χ1) is 14.3. The summed E-state index contributed by atoms with van der Waals surface area (Å²) >= 11 is 0. The van der Waals surface area contributed by atoms with Crippen molar-refractivity contribution in [1.82, 2.24) is 0 Å². The summed E-state index contributed by atoms with van der Waals surface area (Å²) < 4.78 is 0. The first-order valence-electron chi connectivity index (χ1n) is 13.7. The normalized spacial score (nSPS) is 55.7. The molecule has 0 aliphatic heterocycles. The minimum Gasteiger partial charge on any atom is -0.393 e. The van der Waals surface area contributed by atoms with Crippen molar-refractivity contribution in [3.05, 3.63) is 11.6 Å². The Morgan fingerprint density at radius 1 is 0.806 bits per heavy atom. The molecule has 5 aliphatic rings. The molecule has 5 aliphatic carbocycles. The second-order valence-electron chi connectivity index (χ2n) is 14.7. The maximum atomic E-state index is 10.8. The number of allylic oxidation sites excluding steroid dienone is 2. The molecule has 4 fully saturated rings. The van der Waals surface area contributed by atoms with Crippen LogP contribution in [0.1, 0.15) is 113 Å². The third kappa shape index (κ3) is 2.60. The van der Waals surface area contributed by atoms with Gasteiger partial charge in [-0.2, -0.15) is 0 Å². The van der Waals surface area contributed by atoms with Gasteiger partial charge in [0, 0.05) is 0 Å². The molecule has 0 saturated heterocycles. The van der Waals surface area contributed by atoms with Crippen LogP contribution in [0.15, 0.2) is 11.6 Å². The van der Waals surface area contributed by atoms with Crippen molar-refractivity contribution < 1.29 is 5.11 Å². The number of rotatable bonds is 1. The first-order valence-corrected chi connectivity index (χ1v) is 13.7. The van der Waals surface area contributed by atoms with Crippen LogP contribution in [-0.2, 0) is 0 Å². The van der Waals surface area contributed by atoms with Crippen molar-refractivity contribution in [3.63, 3.8) is 0 Å². The molecule has 1 heteroatoms. The maximum Gasteiger partial charge on any atom is 0.0594 e. The fraction of sp³-hybridized carbons (Fsp3) is 0.933. The molecular formula is C30H50O. The number of aliphatic hydroxyl groups is 1. The topological polar surface area (TPSA) is 20.2 Å². The van der Waals surface area contributed by atoms with Crippen molar-refractivity contribution in [3.8, 4) is 0 Å². The van der Waals surface area contributed by atoms with Crippen molar-refractivity contribution in [2.75, 3.05) is 0 Å². The molecule has 0 bridgehead atoms. The van der Waals surface area contributed by atoms with Gasteiger partial charge in [-0.05, 0) is 114 Å². The smallest absolute Gasteiger partial charge is 0.0594 e. The molecule has 0 aromatic heterocycles. The van der Waals surface area contributed by atoms with Crippen LogP contribution in [0.5, 0.6) is 0 Å². The highest BCUT2D eigenvalue weighted by atomic mass is 16.3. The highest BCUT2D eigenvalue weighted by molar-refractivity contribution is 5.33. The van der Waals surface area contributed by atoms with E-state index in [0.29, 0.717) is 27.6 Å². The van der Waals surface area contributed by atoms with Crippen LogP contribution in [0.4, 0.5) is 0 Å². The van der Waals surface area contributed by atoms with E-state index >= 15 is 0 Å². The molecule has 1 unspecified atom stereocenters. The number of hydrogen-bond donors (Lipinski definition) is 1. The molecule has 0 heterocycles. The van der Waals surface area contributed by atoms with E-state index in [4.69, 9.17) is 0 Å². The second kappa shape index (κ2) is 6.64. The predicted octanol–water partition coefficient (Wildman–Crippen LogP) is 8.02. The fourth-order valence-electron chi connectivity index (χ4n) is 11.2. The first kappa shape index (κ1) is 22.5. The van der Waals surface area contributed by atoms with E-state index in [-0.39, 0.29) is 11.5 Å². The van der Waals surface area contributed by atoms with Gasteiger partial charge in [0.05, 0.1) is 6.10 Å². The van der Waals surface area contributed by atoms with Crippen molar-refractivity contribution in [1.29, 1.82) is 0 Å². The summed E-state index contributed by atoms with van der Waals surface area (Å²) in [7, 11) is 0. The monoisotopic (exact) mass is 426 g/mol. The molecule has 1 N–H and O–H groups in total. The lowest BCUT2D eigenvalue weighted by Crippen LogP contribution is -2.62. The highest BCUT2D eigenvalue weighted by Gasteiger charge is 2.68. The zero-order valence-electron chi connectivity index (χ0n) is 21.9. The molecule has 4 saturated carbocycles. The van der Waals surface area contributed by atoms with Crippen LogP contribution in [-0.4, -0.2) is 11.2 Å². The fourth-order valence-corrected chi connectivity index (χ4v) is 11.2. The number of fused-ring (bicyclic) bond motifs is 7. The van der Waals surface area contributed by atoms with E-state index in [2.05, 4.69) is 61.5 Å². The summed E-state index contributed by atoms with van der Waals surface area (Å²) in [5.74, 6) is 3.99. The van der Waals surface area contributed by atoms with E-state index in [1.54, 1.807) is 0 Å². The Labute approximate surface area is 192 Å². The average molecular weight is 427 g/mol. The van der Waals surface area contributed by atoms with Gasteiger partial charge in [-0.25, -0.2) is 0 Å². The van der Waals surface area contributed by atoms with Crippen LogP contribution in [0.25, 0.3) is 0 Å². The Balaban J connectivity index is 1.55. The molecular weight excluding hydrogens is 376 g/mol. The lowest BCUT2D eigenvalue weighted by Gasteiger charge is -2.69. The van der Waals surface area contributed by atoms with Gasteiger partial charge in [-0.3, -0.25) is 0 Å². The molecule has 0 radical (unpaired) electrons. The minimum atomic E-state index is -0.133. The van der Waals surface area contributed by atoms with Crippen molar-refractivity contribution >= 4 is 0 Å². The zero-order valence-corrected chi connectivity index (χ0v) is 21.9. The Hall–Kier alpha value is -0.300. The molecule has 0 aromatic carbocycles. The maximum absolute atomic E-state index is 10.8. The Morgan fingerprint density at radius 3 is 2.19 bits per heavy atom. The largest absolute Gasteiger partial charge is 0.393 e. The molecule has 176 valence electrons. The van der Waals surface area contributed by atoms with Crippen LogP contribution >= 0.6 is 0 Å². The van der Waals surface area contributed by atoms with Gasteiger partial charge in [0.25, 0.3) is 0 Å². The molecule has 5 rings (SSSR count). The second-order valence-corrected chi connectivity index (χ2v) is 14.7. The van der Waals surface area contributed by atoms with Crippen LogP contribution in [0.3, 0.4) is 0 Å².